The molecule has 1 aliphatic heterocycles. The summed E-state index contributed by atoms with van der Waals surface area (Å²) in [5.41, 5.74) is 4.35. The van der Waals surface area contributed by atoms with Gasteiger partial charge in [-0.25, -0.2) is 4.98 Å². The molecule has 29 heavy (non-hydrogen) atoms. The highest BCUT2D eigenvalue weighted by Crippen LogP contribution is 2.43. The van der Waals surface area contributed by atoms with E-state index < -0.39 is 6.04 Å². The van der Waals surface area contributed by atoms with Gasteiger partial charge in [0.2, 0.25) is 0 Å². The number of aromatic nitrogens is 3. The van der Waals surface area contributed by atoms with Gasteiger partial charge >= 0.3 is 0 Å². The first-order valence-corrected chi connectivity index (χ1v) is 10.3. The lowest BCUT2D eigenvalue weighted by atomic mass is 10.0. The van der Waals surface area contributed by atoms with Gasteiger partial charge in [-0.15, -0.1) is 0 Å². The molecule has 1 amide bonds. The van der Waals surface area contributed by atoms with E-state index in [0.29, 0.717) is 16.1 Å². The average Bonchev–Trinajstić information content (AvgIpc) is 3.12. The minimum atomic E-state index is -0.422. The van der Waals surface area contributed by atoms with Gasteiger partial charge in [0.15, 0.2) is 10.4 Å². The Morgan fingerprint density at radius 2 is 1.72 bits per heavy atom. The number of halogens is 1. The molecule has 3 heterocycles. The molecule has 0 radical (unpaired) electrons. The van der Waals surface area contributed by atoms with Gasteiger partial charge in [0.1, 0.15) is 11.7 Å². The van der Waals surface area contributed by atoms with E-state index in [1.165, 1.54) is 4.57 Å². The van der Waals surface area contributed by atoms with Crippen LogP contribution in [0.1, 0.15) is 58.8 Å². The molecule has 4 rings (SSSR count). The van der Waals surface area contributed by atoms with Gasteiger partial charge in [-0.05, 0) is 60.8 Å². The molecule has 3 aromatic rings. The monoisotopic (exact) mass is 454 g/mol. The zero-order valence-electron chi connectivity index (χ0n) is 17.1. The summed E-state index contributed by atoms with van der Waals surface area (Å²) in [6.07, 6.45) is 1.77. The molecule has 1 aliphatic rings. The Bertz CT molecular complexity index is 1170. The van der Waals surface area contributed by atoms with Crippen LogP contribution < -0.4 is 10.5 Å². The van der Waals surface area contributed by atoms with Crippen LogP contribution in [0.15, 0.2) is 46.1 Å². The average molecular weight is 455 g/mol. The molecule has 1 aromatic carbocycles. The van der Waals surface area contributed by atoms with Gasteiger partial charge < -0.3 is 9.13 Å². The van der Waals surface area contributed by atoms with E-state index in [-0.39, 0.29) is 17.5 Å². The second-order valence-electron chi connectivity index (χ2n) is 7.89. The maximum Gasteiger partial charge on any atom is 0.279 e. The molecule has 0 saturated carbocycles. The number of aryl methyl sites for hydroxylation is 3. The topological polar surface area (TPSA) is 60.1 Å². The zero-order chi connectivity index (χ0) is 21.0. The largest absolute Gasteiger partial charge is 0.317 e. The summed E-state index contributed by atoms with van der Waals surface area (Å²) < 4.78 is 4.17. The van der Waals surface area contributed by atoms with E-state index in [1.807, 2.05) is 42.7 Å². The molecule has 0 aliphatic carbocycles. The Morgan fingerprint density at radius 3 is 2.34 bits per heavy atom. The Labute approximate surface area is 177 Å². The fourth-order valence-corrected chi connectivity index (χ4v) is 4.79. The maximum absolute atomic E-state index is 13.5. The zero-order valence-corrected chi connectivity index (χ0v) is 18.7. The van der Waals surface area contributed by atoms with E-state index in [0.717, 1.165) is 22.4 Å². The Morgan fingerprint density at radius 1 is 1.07 bits per heavy atom. The van der Waals surface area contributed by atoms with E-state index in [1.54, 1.807) is 24.2 Å². The number of hydrogen-bond acceptors (Lipinski definition) is 3. The van der Waals surface area contributed by atoms with Crippen molar-refractivity contribution in [2.24, 2.45) is 7.05 Å². The summed E-state index contributed by atoms with van der Waals surface area (Å²) in [7, 11) is 1.70. The summed E-state index contributed by atoms with van der Waals surface area (Å²) in [5.74, 6) is -0.256. The van der Waals surface area contributed by atoms with Crippen molar-refractivity contribution in [3.05, 3.63) is 79.7 Å². The number of amides is 1. The fraction of sp³-hybridized carbons (Fsp3) is 0.318. The second-order valence-corrected chi connectivity index (χ2v) is 8.59. The van der Waals surface area contributed by atoms with Crippen molar-refractivity contribution < 1.29 is 4.79 Å². The van der Waals surface area contributed by atoms with E-state index in [9.17, 15) is 9.59 Å². The number of anilines is 1. The van der Waals surface area contributed by atoms with Gasteiger partial charge in [0.25, 0.3) is 11.5 Å². The van der Waals surface area contributed by atoms with Crippen molar-refractivity contribution in [3.63, 3.8) is 0 Å². The first-order chi connectivity index (χ1) is 13.7. The van der Waals surface area contributed by atoms with Crippen LogP contribution in [-0.2, 0) is 7.05 Å². The molecule has 1 unspecified atom stereocenters. The summed E-state index contributed by atoms with van der Waals surface area (Å²) in [6.45, 7) is 8.05. The number of fused-ring (bicyclic) bond motifs is 1. The number of carbonyl (C=O) groups excluding carboxylic acids is 1. The molecule has 0 N–H and O–H groups in total. The summed E-state index contributed by atoms with van der Waals surface area (Å²) >= 11 is 3.51. The van der Waals surface area contributed by atoms with Crippen molar-refractivity contribution in [3.8, 4) is 0 Å². The van der Waals surface area contributed by atoms with Crippen LogP contribution in [0, 0.1) is 13.8 Å². The Hall–Kier alpha value is -2.67. The quantitative estimate of drug-likeness (QED) is 0.592. The number of benzene rings is 1. The van der Waals surface area contributed by atoms with Crippen molar-refractivity contribution in [1.82, 2.24) is 14.1 Å². The van der Waals surface area contributed by atoms with Crippen LogP contribution in [-0.4, -0.2) is 20.0 Å². The van der Waals surface area contributed by atoms with Gasteiger partial charge in [0, 0.05) is 19.3 Å². The van der Waals surface area contributed by atoms with Gasteiger partial charge in [-0.1, -0.05) is 29.8 Å². The van der Waals surface area contributed by atoms with Crippen LogP contribution in [0.3, 0.4) is 0 Å². The van der Waals surface area contributed by atoms with Crippen LogP contribution in [0.2, 0.25) is 0 Å². The number of pyridine rings is 1. The lowest BCUT2D eigenvalue weighted by molar-refractivity contribution is 0.0989. The van der Waals surface area contributed by atoms with Gasteiger partial charge in [-0.2, -0.15) is 0 Å². The third-order valence-electron chi connectivity index (χ3n) is 5.31. The molecule has 2 aromatic heterocycles. The summed E-state index contributed by atoms with van der Waals surface area (Å²) in [6, 6.07) is 9.53. The molecule has 7 heteroatoms. The highest BCUT2D eigenvalue weighted by molar-refractivity contribution is 9.10. The lowest BCUT2D eigenvalue weighted by Gasteiger charge is -2.28. The van der Waals surface area contributed by atoms with Crippen LogP contribution in [0.5, 0.6) is 0 Å². The van der Waals surface area contributed by atoms with Gasteiger partial charge in [-0.3, -0.25) is 14.5 Å². The fourth-order valence-electron chi connectivity index (χ4n) is 4.02. The molecule has 0 spiro atoms. The smallest absolute Gasteiger partial charge is 0.279 e. The molecular weight excluding hydrogens is 432 g/mol. The first kappa shape index (κ1) is 19.6. The third kappa shape index (κ3) is 3.04. The molecule has 150 valence electrons. The summed E-state index contributed by atoms with van der Waals surface area (Å²) in [4.78, 5) is 32.6. The number of nitrogens with zero attached hydrogens (tertiary/aromatic N) is 4. The van der Waals surface area contributed by atoms with Crippen molar-refractivity contribution in [1.29, 1.82) is 0 Å². The standard InChI is InChI=1S/C22H23BrN4O2/c1-12(2)26-19-17(24-22(26)23)21(29)27(16-10-14(4)11-25(5)20(16)28)18(19)15-8-6-13(3)7-9-15/h6-12,18H,1-5H3. The predicted octanol–water partition coefficient (Wildman–Crippen LogP) is 4.29. The summed E-state index contributed by atoms with van der Waals surface area (Å²) in [5, 5.41) is 0. The van der Waals surface area contributed by atoms with E-state index >= 15 is 0 Å². The molecule has 1 atom stereocenters. The second kappa shape index (κ2) is 6.99. The minimum absolute atomic E-state index is 0.0988. The number of rotatable bonds is 3. The molecule has 6 nitrogen and oxygen atoms in total. The minimum Gasteiger partial charge on any atom is -0.317 e. The molecule has 0 fully saturated rings. The lowest BCUT2D eigenvalue weighted by Crippen LogP contribution is -2.36. The van der Waals surface area contributed by atoms with Crippen molar-refractivity contribution in [2.75, 3.05) is 4.90 Å². The van der Waals surface area contributed by atoms with E-state index in [4.69, 9.17) is 0 Å². The molecule has 0 bridgehead atoms. The van der Waals surface area contributed by atoms with Gasteiger partial charge in [0.05, 0.1) is 5.69 Å². The number of carbonyl (C=O) groups is 1. The highest BCUT2D eigenvalue weighted by atomic mass is 79.9. The van der Waals surface area contributed by atoms with Crippen LogP contribution >= 0.6 is 15.9 Å². The van der Waals surface area contributed by atoms with E-state index in [2.05, 4.69) is 34.8 Å². The van der Waals surface area contributed by atoms with Crippen molar-refractivity contribution >= 4 is 27.5 Å². The van der Waals surface area contributed by atoms with Crippen LogP contribution in [0.4, 0.5) is 5.69 Å². The normalized spacial score (nSPS) is 16.0. The Balaban J connectivity index is 2.02. The molecule has 0 saturated heterocycles. The first-order valence-electron chi connectivity index (χ1n) is 9.55. The predicted molar refractivity (Wildman–Crippen MR) is 117 cm³/mol. The maximum atomic E-state index is 13.5. The number of imidazole rings is 1. The Kier molecular flexibility index (Phi) is 4.73. The third-order valence-corrected chi connectivity index (χ3v) is 5.87. The highest BCUT2D eigenvalue weighted by Gasteiger charge is 2.45. The number of hydrogen-bond donors (Lipinski definition) is 0. The molecular formula is C22H23BrN4O2. The SMILES string of the molecule is Cc1ccc(C2c3c(nc(Br)n3C(C)C)C(=O)N2c2cc(C)cn(C)c2=O)cc1. The van der Waals surface area contributed by atoms with Crippen LogP contribution in [0.25, 0.3) is 0 Å². The van der Waals surface area contributed by atoms with Crippen molar-refractivity contribution in [2.45, 2.75) is 39.8 Å².